The first-order valence-electron chi connectivity index (χ1n) is 9.75. The first-order valence-corrected chi connectivity index (χ1v) is 9.75. The molecule has 146 valence electrons. The van der Waals surface area contributed by atoms with Crippen molar-refractivity contribution < 1.29 is 14.6 Å². The highest BCUT2D eigenvalue weighted by atomic mass is 16.5. The van der Waals surface area contributed by atoms with Gasteiger partial charge < -0.3 is 14.6 Å². The maximum absolute atomic E-state index is 10.2. The van der Waals surface area contributed by atoms with Crippen molar-refractivity contribution in [1.29, 1.82) is 0 Å². The molecule has 0 aliphatic carbocycles. The lowest BCUT2D eigenvalue weighted by molar-refractivity contribution is 0.0155. The van der Waals surface area contributed by atoms with E-state index in [-0.39, 0.29) is 12.2 Å². The summed E-state index contributed by atoms with van der Waals surface area (Å²) in [7, 11) is 0. The van der Waals surface area contributed by atoms with E-state index >= 15 is 0 Å². The molecule has 0 aromatic heterocycles. The fourth-order valence-corrected chi connectivity index (χ4v) is 2.82. The molecule has 0 spiro atoms. The Balaban J connectivity index is 1.57. The van der Waals surface area contributed by atoms with E-state index in [1.807, 2.05) is 61.5 Å². The molecule has 0 aliphatic rings. The van der Waals surface area contributed by atoms with Gasteiger partial charge in [0.25, 0.3) is 0 Å². The molecule has 2 aromatic rings. The topological polar surface area (TPSA) is 38.7 Å². The third-order valence-corrected chi connectivity index (χ3v) is 4.35. The van der Waals surface area contributed by atoms with Gasteiger partial charge in [-0.15, -0.1) is 0 Å². The molecule has 0 heterocycles. The maximum atomic E-state index is 10.2. The van der Waals surface area contributed by atoms with Crippen LogP contribution in [-0.2, 0) is 22.7 Å². The summed E-state index contributed by atoms with van der Waals surface area (Å²) in [6, 6.07) is 20.3. The van der Waals surface area contributed by atoms with Crippen LogP contribution in [0.3, 0.4) is 0 Å². The van der Waals surface area contributed by atoms with Gasteiger partial charge in [0.1, 0.15) is 0 Å². The van der Waals surface area contributed by atoms with E-state index in [9.17, 15) is 5.11 Å². The molecule has 1 N–H and O–H groups in total. The zero-order chi connectivity index (χ0) is 19.3. The molecule has 0 saturated heterocycles. The Labute approximate surface area is 163 Å². The molecule has 2 rings (SSSR count). The van der Waals surface area contributed by atoms with Gasteiger partial charge in [-0.25, -0.2) is 0 Å². The third kappa shape index (κ3) is 9.53. The maximum Gasteiger partial charge on any atom is 0.0720 e. The Bertz CT molecular complexity index is 639. The quantitative estimate of drug-likeness (QED) is 0.527. The van der Waals surface area contributed by atoms with Crippen LogP contribution in [0, 0.1) is 5.92 Å². The van der Waals surface area contributed by atoms with Gasteiger partial charge >= 0.3 is 0 Å². The predicted molar refractivity (Wildman–Crippen MR) is 110 cm³/mol. The first-order chi connectivity index (χ1) is 13.1. The number of hydrogen-bond donors (Lipinski definition) is 1. The lowest BCUT2D eigenvalue weighted by Crippen LogP contribution is -2.17. The minimum absolute atomic E-state index is 0.0280. The van der Waals surface area contributed by atoms with Gasteiger partial charge in [-0.3, -0.25) is 0 Å². The fraction of sp³-hybridized carbons (Fsp3) is 0.417. The van der Waals surface area contributed by atoms with E-state index in [4.69, 9.17) is 9.47 Å². The van der Waals surface area contributed by atoms with Gasteiger partial charge in [-0.05, 0) is 36.8 Å². The third-order valence-electron chi connectivity index (χ3n) is 4.35. The SMILES string of the molecule is C[C@H](/C=C/C[C@@H](O)C[C@@H](C)OCc1ccccc1)COCc1ccccc1. The summed E-state index contributed by atoms with van der Waals surface area (Å²) in [6.07, 6.45) is 5.08. The van der Waals surface area contributed by atoms with Crippen molar-refractivity contribution in [3.63, 3.8) is 0 Å². The van der Waals surface area contributed by atoms with E-state index in [0.717, 1.165) is 5.56 Å². The number of rotatable bonds is 12. The number of benzene rings is 2. The first kappa shape index (κ1) is 21.4. The molecule has 0 unspecified atom stereocenters. The van der Waals surface area contributed by atoms with E-state index in [2.05, 4.69) is 25.1 Å². The Hall–Kier alpha value is -1.94. The van der Waals surface area contributed by atoms with Crippen molar-refractivity contribution in [3.8, 4) is 0 Å². The van der Waals surface area contributed by atoms with Crippen LogP contribution in [0.15, 0.2) is 72.8 Å². The van der Waals surface area contributed by atoms with Gasteiger partial charge in [0.05, 0.1) is 32.0 Å². The Morgan fingerprint density at radius 1 is 0.889 bits per heavy atom. The Kier molecular flexibility index (Phi) is 9.85. The molecule has 0 aliphatic heterocycles. The molecular weight excluding hydrogens is 336 g/mol. The highest BCUT2D eigenvalue weighted by Gasteiger charge is 2.10. The zero-order valence-electron chi connectivity index (χ0n) is 16.5. The summed E-state index contributed by atoms with van der Waals surface area (Å²) >= 11 is 0. The van der Waals surface area contributed by atoms with E-state index in [1.54, 1.807) is 0 Å². The normalized spacial score (nSPS) is 14.9. The highest BCUT2D eigenvalue weighted by molar-refractivity contribution is 5.14. The van der Waals surface area contributed by atoms with Gasteiger partial charge in [-0.2, -0.15) is 0 Å². The minimum Gasteiger partial charge on any atom is -0.393 e. The Morgan fingerprint density at radius 2 is 1.48 bits per heavy atom. The molecule has 3 heteroatoms. The van der Waals surface area contributed by atoms with Crippen molar-refractivity contribution in [1.82, 2.24) is 0 Å². The summed E-state index contributed by atoms with van der Waals surface area (Å²) < 4.78 is 11.6. The van der Waals surface area contributed by atoms with Crippen LogP contribution >= 0.6 is 0 Å². The van der Waals surface area contributed by atoms with Crippen molar-refractivity contribution in [2.24, 2.45) is 5.92 Å². The predicted octanol–water partition coefficient (Wildman–Crippen LogP) is 5.14. The van der Waals surface area contributed by atoms with Crippen LogP contribution in [0.5, 0.6) is 0 Å². The second-order valence-corrected chi connectivity index (χ2v) is 7.14. The lowest BCUT2D eigenvalue weighted by Gasteiger charge is -2.16. The van der Waals surface area contributed by atoms with Gasteiger partial charge in [0, 0.05) is 0 Å². The van der Waals surface area contributed by atoms with Crippen LogP contribution in [0.25, 0.3) is 0 Å². The molecular formula is C24H32O3. The van der Waals surface area contributed by atoms with Crippen LogP contribution in [0.1, 0.15) is 37.8 Å². The van der Waals surface area contributed by atoms with Crippen molar-refractivity contribution in [2.75, 3.05) is 6.61 Å². The standard InChI is InChI=1S/C24H32O3/c1-20(17-26-18-22-11-5-3-6-12-22)10-9-15-24(25)16-21(2)27-19-23-13-7-4-8-14-23/h3-14,20-21,24-25H,15-19H2,1-2H3/b10-9+/t20-,21-,24-/m1/s1. The molecule has 0 bridgehead atoms. The fourth-order valence-electron chi connectivity index (χ4n) is 2.82. The van der Waals surface area contributed by atoms with Crippen LogP contribution < -0.4 is 0 Å². The van der Waals surface area contributed by atoms with Gasteiger partial charge in [0.2, 0.25) is 0 Å². The van der Waals surface area contributed by atoms with Crippen LogP contribution in [0.2, 0.25) is 0 Å². The molecule has 0 radical (unpaired) electrons. The van der Waals surface area contributed by atoms with Crippen LogP contribution in [0.4, 0.5) is 0 Å². The summed E-state index contributed by atoms with van der Waals surface area (Å²) in [5.41, 5.74) is 2.34. The number of aliphatic hydroxyl groups is 1. The second-order valence-electron chi connectivity index (χ2n) is 7.14. The van der Waals surface area contributed by atoms with E-state index in [0.29, 0.717) is 38.6 Å². The average molecular weight is 369 g/mol. The average Bonchev–Trinajstić information content (AvgIpc) is 2.68. The molecule has 2 aromatic carbocycles. The Morgan fingerprint density at radius 3 is 2.11 bits per heavy atom. The summed E-state index contributed by atoms with van der Waals surface area (Å²) in [5, 5.41) is 10.2. The molecule has 0 amide bonds. The zero-order valence-corrected chi connectivity index (χ0v) is 16.5. The molecule has 3 nitrogen and oxygen atoms in total. The summed E-state index contributed by atoms with van der Waals surface area (Å²) in [4.78, 5) is 0. The van der Waals surface area contributed by atoms with Crippen molar-refractivity contribution >= 4 is 0 Å². The molecule has 3 atom stereocenters. The smallest absolute Gasteiger partial charge is 0.0720 e. The summed E-state index contributed by atoms with van der Waals surface area (Å²) in [5.74, 6) is 0.327. The minimum atomic E-state index is -0.385. The largest absolute Gasteiger partial charge is 0.393 e. The summed E-state index contributed by atoms with van der Waals surface area (Å²) in [6.45, 7) is 6.03. The number of aliphatic hydroxyl groups excluding tert-OH is 1. The second kappa shape index (κ2) is 12.4. The van der Waals surface area contributed by atoms with Crippen molar-refractivity contribution in [3.05, 3.63) is 83.9 Å². The number of hydrogen-bond acceptors (Lipinski definition) is 3. The molecule has 0 saturated carbocycles. The van der Waals surface area contributed by atoms with E-state index in [1.165, 1.54) is 5.56 Å². The van der Waals surface area contributed by atoms with Crippen molar-refractivity contribution in [2.45, 2.75) is 52.1 Å². The number of ether oxygens (including phenoxy) is 2. The molecule has 0 fully saturated rings. The van der Waals surface area contributed by atoms with Gasteiger partial charge in [-0.1, -0.05) is 79.7 Å². The lowest BCUT2D eigenvalue weighted by atomic mass is 10.1. The van der Waals surface area contributed by atoms with E-state index < -0.39 is 0 Å². The highest BCUT2D eigenvalue weighted by Crippen LogP contribution is 2.11. The molecule has 27 heavy (non-hydrogen) atoms. The van der Waals surface area contributed by atoms with Gasteiger partial charge in [0.15, 0.2) is 0 Å². The van der Waals surface area contributed by atoms with Crippen LogP contribution in [-0.4, -0.2) is 23.9 Å². The monoisotopic (exact) mass is 368 g/mol.